The Bertz CT molecular complexity index is 1390. The number of hydrogen-bond donors (Lipinski definition) is 3. The van der Waals surface area contributed by atoms with Crippen LogP contribution in [-0.2, 0) is 13.0 Å². The normalized spacial score (nSPS) is 12.0. The zero-order valence-corrected chi connectivity index (χ0v) is 18.4. The van der Waals surface area contributed by atoms with Crippen LogP contribution < -0.4 is 10.9 Å². The Morgan fingerprint density at radius 2 is 1.91 bits per heavy atom. The summed E-state index contributed by atoms with van der Waals surface area (Å²) in [5, 5.41) is 22.7. The third kappa shape index (κ3) is 4.94. The molecule has 0 aliphatic carbocycles. The number of pyridine rings is 3. The van der Waals surface area contributed by atoms with Crippen LogP contribution in [0.2, 0.25) is 0 Å². The fraction of sp³-hybridized carbons (Fsp3) is 0.200. The van der Waals surface area contributed by atoms with Gasteiger partial charge in [-0.25, -0.2) is 4.39 Å². The van der Waals surface area contributed by atoms with Crippen molar-refractivity contribution in [3.05, 3.63) is 99.5 Å². The lowest BCUT2D eigenvalue weighted by atomic mass is 10.1. The van der Waals surface area contributed by atoms with Crippen molar-refractivity contribution in [2.75, 3.05) is 6.54 Å². The van der Waals surface area contributed by atoms with Crippen molar-refractivity contribution in [3.8, 4) is 5.75 Å². The SMILES string of the molecule is CC(O)CNC(=O)c1c(O)c2ncc(Cc3ccc(F)cc3)cc2n(Cc2ccccn2)c1=O. The first kappa shape index (κ1) is 23.1. The molecule has 0 aliphatic rings. The van der Waals surface area contributed by atoms with E-state index in [-0.39, 0.29) is 24.4 Å². The Hall–Kier alpha value is -4.11. The molecule has 3 aromatic heterocycles. The molecule has 4 aromatic rings. The minimum Gasteiger partial charge on any atom is -0.505 e. The number of carbonyl (C=O) groups excluding carboxylic acids is 1. The molecule has 0 fully saturated rings. The Kier molecular flexibility index (Phi) is 6.65. The van der Waals surface area contributed by atoms with E-state index in [2.05, 4.69) is 15.3 Å². The molecule has 0 saturated heterocycles. The van der Waals surface area contributed by atoms with Gasteiger partial charge in [-0.1, -0.05) is 18.2 Å². The number of carbonyl (C=O) groups is 1. The van der Waals surface area contributed by atoms with Gasteiger partial charge in [-0.15, -0.1) is 0 Å². The molecule has 0 spiro atoms. The summed E-state index contributed by atoms with van der Waals surface area (Å²) < 4.78 is 14.6. The van der Waals surface area contributed by atoms with Gasteiger partial charge in [-0.3, -0.25) is 24.1 Å². The third-order valence-corrected chi connectivity index (χ3v) is 5.29. The summed E-state index contributed by atoms with van der Waals surface area (Å²) >= 11 is 0. The van der Waals surface area contributed by atoms with E-state index in [0.29, 0.717) is 17.6 Å². The van der Waals surface area contributed by atoms with Crippen LogP contribution in [0.1, 0.15) is 34.1 Å². The molecular weight excluding hydrogens is 439 g/mol. The summed E-state index contributed by atoms with van der Waals surface area (Å²) in [4.78, 5) is 34.7. The number of halogens is 1. The van der Waals surface area contributed by atoms with Gasteiger partial charge in [0.2, 0.25) is 0 Å². The van der Waals surface area contributed by atoms with Crippen LogP contribution in [0.3, 0.4) is 0 Å². The van der Waals surface area contributed by atoms with Gasteiger partial charge in [-0.2, -0.15) is 0 Å². The number of fused-ring (bicyclic) bond motifs is 1. The average molecular weight is 462 g/mol. The number of amides is 1. The number of nitrogens with one attached hydrogen (secondary N) is 1. The number of nitrogens with zero attached hydrogens (tertiary/aromatic N) is 3. The summed E-state index contributed by atoms with van der Waals surface area (Å²) in [5.41, 5.74) is 1.41. The predicted molar refractivity (Wildman–Crippen MR) is 124 cm³/mol. The molecule has 34 heavy (non-hydrogen) atoms. The average Bonchev–Trinajstić information content (AvgIpc) is 2.82. The van der Waals surface area contributed by atoms with E-state index in [0.717, 1.165) is 11.1 Å². The van der Waals surface area contributed by atoms with Crippen LogP contribution in [0.25, 0.3) is 11.0 Å². The molecule has 1 atom stereocenters. The summed E-state index contributed by atoms with van der Waals surface area (Å²) in [6.45, 7) is 1.46. The van der Waals surface area contributed by atoms with Crippen LogP contribution in [0.4, 0.5) is 4.39 Å². The first-order valence-electron chi connectivity index (χ1n) is 10.7. The van der Waals surface area contributed by atoms with Gasteiger partial charge in [0.15, 0.2) is 5.75 Å². The smallest absolute Gasteiger partial charge is 0.268 e. The Morgan fingerprint density at radius 3 is 2.59 bits per heavy atom. The highest BCUT2D eigenvalue weighted by Crippen LogP contribution is 2.26. The quantitative estimate of drug-likeness (QED) is 0.388. The second-order valence-electron chi connectivity index (χ2n) is 8.01. The van der Waals surface area contributed by atoms with Gasteiger partial charge >= 0.3 is 0 Å². The van der Waals surface area contributed by atoms with Gasteiger partial charge in [0.05, 0.1) is 23.9 Å². The van der Waals surface area contributed by atoms with Gasteiger partial charge in [0.25, 0.3) is 11.5 Å². The van der Waals surface area contributed by atoms with Gasteiger partial charge in [-0.05, 0) is 54.8 Å². The fourth-order valence-corrected chi connectivity index (χ4v) is 3.63. The van der Waals surface area contributed by atoms with E-state index in [1.54, 1.807) is 48.8 Å². The monoisotopic (exact) mass is 462 g/mol. The minimum absolute atomic E-state index is 0.0504. The number of aliphatic hydroxyl groups is 1. The number of aromatic hydroxyl groups is 1. The van der Waals surface area contributed by atoms with Crippen molar-refractivity contribution in [3.63, 3.8) is 0 Å². The van der Waals surface area contributed by atoms with Crippen molar-refractivity contribution in [2.45, 2.75) is 26.0 Å². The summed E-state index contributed by atoms with van der Waals surface area (Å²) in [6, 6.07) is 13.0. The number of benzene rings is 1. The van der Waals surface area contributed by atoms with E-state index >= 15 is 0 Å². The lowest BCUT2D eigenvalue weighted by Gasteiger charge is -2.15. The third-order valence-electron chi connectivity index (χ3n) is 5.29. The largest absolute Gasteiger partial charge is 0.505 e. The zero-order chi connectivity index (χ0) is 24.2. The molecule has 4 rings (SSSR count). The molecule has 1 amide bonds. The van der Waals surface area contributed by atoms with Crippen molar-refractivity contribution in [1.29, 1.82) is 0 Å². The maximum absolute atomic E-state index is 13.4. The van der Waals surface area contributed by atoms with Crippen LogP contribution in [-0.4, -0.2) is 43.3 Å². The first-order chi connectivity index (χ1) is 16.3. The molecular formula is C25H23FN4O4. The maximum atomic E-state index is 13.4. The van der Waals surface area contributed by atoms with Gasteiger partial charge in [0.1, 0.15) is 16.9 Å². The summed E-state index contributed by atoms with van der Waals surface area (Å²) in [5.74, 6) is -1.68. The second-order valence-corrected chi connectivity index (χ2v) is 8.01. The fourth-order valence-electron chi connectivity index (χ4n) is 3.63. The van der Waals surface area contributed by atoms with E-state index < -0.39 is 28.9 Å². The van der Waals surface area contributed by atoms with Crippen LogP contribution in [0.5, 0.6) is 5.75 Å². The van der Waals surface area contributed by atoms with Crippen molar-refractivity contribution >= 4 is 16.9 Å². The Morgan fingerprint density at radius 1 is 1.15 bits per heavy atom. The molecule has 3 N–H and O–H groups in total. The topological polar surface area (TPSA) is 117 Å². The van der Waals surface area contributed by atoms with E-state index in [1.807, 2.05) is 0 Å². The van der Waals surface area contributed by atoms with Gasteiger partial charge < -0.3 is 15.5 Å². The Labute approximate surface area is 194 Å². The zero-order valence-electron chi connectivity index (χ0n) is 18.4. The number of aromatic nitrogens is 3. The van der Waals surface area contributed by atoms with E-state index in [4.69, 9.17) is 0 Å². The highest BCUT2D eigenvalue weighted by molar-refractivity contribution is 6.01. The molecule has 174 valence electrons. The molecule has 3 heterocycles. The van der Waals surface area contributed by atoms with Crippen LogP contribution in [0, 0.1) is 5.82 Å². The summed E-state index contributed by atoms with van der Waals surface area (Å²) in [7, 11) is 0. The van der Waals surface area contributed by atoms with Crippen molar-refractivity contribution in [2.24, 2.45) is 0 Å². The lowest BCUT2D eigenvalue weighted by Crippen LogP contribution is -2.36. The molecule has 8 nitrogen and oxygen atoms in total. The highest BCUT2D eigenvalue weighted by atomic mass is 19.1. The molecule has 1 aromatic carbocycles. The number of hydrogen-bond acceptors (Lipinski definition) is 6. The molecule has 0 bridgehead atoms. The van der Waals surface area contributed by atoms with Gasteiger partial charge in [0, 0.05) is 18.9 Å². The molecule has 1 unspecified atom stereocenters. The standard InChI is InChI=1S/C25H23FN4O4/c1-15(31)12-29-24(33)21-23(32)22-20(30(25(21)34)14-19-4-2-3-9-27-19)11-17(13-28-22)10-16-5-7-18(26)8-6-16/h2-9,11,13,15,31-32H,10,12,14H2,1H3,(H,29,33). The Balaban J connectivity index is 1.84. The maximum Gasteiger partial charge on any atom is 0.268 e. The molecule has 0 aliphatic heterocycles. The number of aliphatic hydroxyl groups excluding tert-OH is 1. The molecule has 9 heteroatoms. The van der Waals surface area contributed by atoms with Crippen molar-refractivity contribution in [1.82, 2.24) is 19.9 Å². The summed E-state index contributed by atoms with van der Waals surface area (Å²) in [6.07, 6.45) is 2.74. The second kappa shape index (κ2) is 9.80. The number of rotatable bonds is 7. The van der Waals surface area contributed by atoms with E-state index in [1.165, 1.54) is 23.6 Å². The molecule has 0 radical (unpaired) electrons. The van der Waals surface area contributed by atoms with Crippen molar-refractivity contribution < 1.29 is 19.4 Å². The highest BCUT2D eigenvalue weighted by Gasteiger charge is 2.24. The molecule has 0 saturated carbocycles. The lowest BCUT2D eigenvalue weighted by molar-refractivity contribution is 0.0919. The van der Waals surface area contributed by atoms with E-state index in [9.17, 15) is 24.2 Å². The predicted octanol–water partition coefficient (Wildman–Crippen LogP) is 2.39. The minimum atomic E-state index is -0.825. The first-order valence-corrected chi connectivity index (χ1v) is 10.7. The van der Waals surface area contributed by atoms with Crippen LogP contribution in [0.15, 0.2) is 65.7 Å². The van der Waals surface area contributed by atoms with Crippen LogP contribution >= 0.6 is 0 Å².